The molecule has 1 aliphatic heterocycles. The molecule has 0 radical (unpaired) electrons. The van der Waals surface area contributed by atoms with E-state index in [4.69, 9.17) is 5.10 Å². The summed E-state index contributed by atoms with van der Waals surface area (Å²) in [7, 11) is 0. The van der Waals surface area contributed by atoms with E-state index in [1.54, 1.807) is 6.34 Å². The van der Waals surface area contributed by atoms with E-state index in [2.05, 4.69) is 22.2 Å². The Balaban J connectivity index is 1.93. The van der Waals surface area contributed by atoms with Crippen molar-refractivity contribution in [3.63, 3.8) is 0 Å². The van der Waals surface area contributed by atoms with Crippen molar-refractivity contribution in [2.24, 2.45) is 4.99 Å². The minimum Gasteiger partial charge on any atom is -0.344 e. The summed E-state index contributed by atoms with van der Waals surface area (Å²) < 4.78 is 2.02. The van der Waals surface area contributed by atoms with Gasteiger partial charge < -0.3 is 5.32 Å². The summed E-state index contributed by atoms with van der Waals surface area (Å²) in [5.41, 5.74) is 4.43. The molecule has 3 rings (SSSR count). The summed E-state index contributed by atoms with van der Waals surface area (Å²) in [5.74, 6) is 0. The number of anilines is 1. The van der Waals surface area contributed by atoms with Crippen LogP contribution in [0.25, 0.3) is 0 Å². The molecule has 0 aliphatic carbocycles. The van der Waals surface area contributed by atoms with Gasteiger partial charge in [-0.2, -0.15) is 5.10 Å². The normalized spacial score (nSPS) is 13.1. The van der Waals surface area contributed by atoms with E-state index in [-0.39, 0.29) is 0 Å². The molecular formula is C14H17N5. The van der Waals surface area contributed by atoms with Crippen molar-refractivity contribution in [1.29, 1.82) is 0 Å². The van der Waals surface area contributed by atoms with Gasteiger partial charge in [-0.3, -0.25) is 14.7 Å². The first-order valence-electron chi connectivity index (χ1n) is 6.61. The summed E-state index contributed by atoms with van der Waals surface area (Å²) >= 11 is 0. The van der Waals surface area contributed by atoms with Crippen molar-refractivity contribution in [3.8, 4) is 0 Å². The summed E-state index contributed by atoms with van der Waals surface area (Å²) in [4.78, 5) is 8.64. The largest absolute Gasteiger partial charge is 0.344 e. The van der Waals surface area contributed by atoms with Gasteiger partial charge in [0.15, 0.2) is 0 Å². The molecule has 5 nitrogen and oxygen atoms in total. The van der Waals surface area contributed by atoms with Gasteiger partial charge in [-0.25, -0.2) is 0 Å². The number of pyridine rings is 1. The molecule has 0 fully saturated rings. The van der Waals surface area contributed by atoms with Gasteiger partial charge in [0.2, 0.25) is 0 Å². The van der Waals surface area contributed by atoms with Crippen molar-refractivity contribution in [3.05, 3.63) is 41.5 Å². The number of hydrogen-bond acceptors (Lipinski definition) is 4. The topological polar surface area (TPSA) is 55.1 Å². The molecule has 0 saturated heterocycles. The molecule has 1 N–H and O–H groups in total. The number of nitrogens with zero attached hydrogens (tertiary/aromatic N) is 4. The minimum absolute atomic E-state index is 0.686. The predicted molar refractivity (Wildman–Crippen MR) is 75.4 cm³/mol. The molecule has 98 valence electrons. The number of aliphatic imine (C=N–C) groups is 1. The van der Waals surface area contributed by atoms with Gasteiger partial charge in [-0.05, 0) is 18.6 Å². The first-order valence-corrected chi connectivity index (χ1v) is 6.61. The lowest BCUT2D eigenvalue weighted by Gasteiger charge is -2.10. The van der Waals surface area contributed by atoms with Crippen LogP contribution in [-0.2, 0) is 19.5 Å². The average molecular weight is 255 g/mol. The molecule has 0 amide bonds. The van der Waals surface area contributed by atoms with Crippen molar-refractivity contribution in [2.45, 2.75) is 32.9 Å². The maximum absolute atomic E-state index is 4.71. The summed E-state index contributed by atoms with van der Waals surface area (Å²) in [6, 6.07) is 5.95. The Morgan fingerprint density at radius 1 is 1.37 bits per heavy atom. The highest BCUT2D eigenvalue weighted by atomic mass is 15.3. The highest BCUT2D eigenvalue weighted by molar-refractivity contribution is 5.80. The number of rotatable bonds is 4. The van der Waals surface area contributed by atoms with Crippen LogP contribution in [0.15, 0.2) is 29.4 Å². The standard InChI is InChI=1S/C14H17N5/c1-2-5-12-14-13(8-15-10-17-14)19(18-12)9-11-6-3-4-7-16-11/h3-4,6-7,10H,2,5,8-9H2,1H3,(H,15,17). The molecule has 2 aromatic rings. The fraction of sp³-hybridized carbons (Fsp3) is 0.357. The summed E-state index contributed by atoms with van der Waals surface area (Å²) in [6.45, 7) is 3.55. The number of aromatic nitrogens is 3. The van der Waals surface area contributed by atoms with Crippen LogP contribution in [0.4, 0.5) is 5.69 Å². The Labute approximate surface area is 112 Å². The van der Waals surface area contributed by atoms with Gasteiger partial charge in [-0.15, -0.1) is 0 Å². The Hall–Kier alpha value is -2.17. The average Bonchev–Trinajstić information content (AvgIpc) is 2.79. The molecule has 19 heavy (non-hydrogen) atoms. The van der Waals surface area contributed by atoms with Crippen LogP contribution in [-0.4, -0.2) is 21.1 Å². The number of fused-ring (bicyclic) bond motifs is 1. The second-order valence-corrected chi connectivity index (χ2v) is 4.61. The van der Waals surface area contributed by atoms with Crippen LogP contribution in [0.5, 0.6) is 0 Å². The molecule has 0 atom stereocenters. The molecule has 0 aromatic carbocycles. The van der Waals surface area contributed by atoms with Crippen LogP contribution < -0.4 is 5.32 Å². The van der Waals surface area contributed by atoms with Crippen molar-refractivity contribution < 1.29 is 0 Å². The van der Waals surface area contributed by atoms with E-state index >= 15 is 0 Å². The van der Waals surface area contributed by atoms with Crippen LogP contribution in [0.3, 0.4) is 0 Å². The smallest absolute Gasteiger partial charge is 0.0873 e. The maximum Gasteiger partial charge on any atom is 0.0873 e. The predicted octanol–water partition coefficient (Wildman–Crippen LogP) is 2.23. The lowest BCUT2D eigenvalue weighted by atomic mass is 10.2. The van der Waals surface area contributed by atoms with Crippen molar-refractivity contribution in [1.82, 2.24) is 14.8 Å². The molecule has 3 heterocycles. The molecule has 1 aliphatic rings. The van der Waals surface area contributed by atoms with Crippen LogP contribution in [0.2, 0.25) is 0 Å². The Kier molecular flexibility index (Phi) is 3.27. The van der Waals surface area contributed by atoms with Gasteiger partial charge >= 0.3 is 0 Å². The first kappa shape index (κ1) is 11.9. The fourth-order valence-electron chi connectivity index (χ4n) is 2.31. The van der Waals surface area contributed by atoms with E-state index in [1.165, 1.54) is 0 Å². The van der Waals surface area contributed by atoms with Crippen molar-refractivity contribution in [2.75, 3.05) is 5.32 Å². The second kappa shape index (κ2) is 5.22. The van der Waals surface area contributed by atoms with Gasteiger partial charge in [0, 0.05) is 6.20 Å². The molecule has 0 spiro atoms. The number of aryl methyl sites for hydroxylation is 1. The third kappa shape index (κ3) is 2.36. The number of hydrogen-bond donors (Lipinski definition) is 1. The molecule has 5 heteroatoms. The Bertz CT molecular complexity index is 585. The highest BCUT2D eigenvalue weighted by Crippen LogP contribution is 2.25. The van der Waals surface area contributed by atoms with E-state index in [0.717, 1.165) is 35.6 Å². The molecule has 0 bridgehead atoms. The fourth-order valence-corrected chi connectivity index (χ4v) is 2.31. The second-order valence-electron chi connectivity index (χ2n) is 4.61. The SMILES string of the molecule is CCCc1nn(Cc2ccccn2)c2c1NC=NC2. The van der Waals surface area contributed by atoms with Gasteiger partial charge in [0.05, 0.1) is 42.2 Å². The van der Waals surface area contributed by atoms with Crippen LogP contribution in [0.1, 0.15) is 30.4 Å². The van der Waals surface area contributed by atoms with Gasteiger partial charge in [0.25, 0.3) is 0 Å². The maximum atomic E-state index is 4.71. The third-order valence-corrected chi connectivity index (χ3v) is 3.20. The van der Waals surface area contributed by atoms with E-state index in [1.807, 2.05) is 29.1 Å². The molecule has 0 saturated carbocycles. The summed E-state index contributed by atoms with van der Waals surface area (Å²) in [5, 5.41) is 7.94. The van der Waals surface area contributed by atoms with Gasteiger partial charge in [-0.1, -0.05) is 19.4 Å². The first-order chi connectivity index (χ1) is 9.38. The van der Waals surface area contributed by atoms with Gasteiger partial charge in [0.1, 0.15) is 0 Å². The van der Waals surface area contributed by atoms with Crippen molar-refractivity contribution >= 4 is 12.0 Å². The Morgan fingerprint density at radius 2 is 2.32 bits per heavy atom. The van der Waals surface area contributed by atoms with Crippen LogP contribution in [0, 0.1) is 0 Å². The lowest BCUT2D eigenvalue weighted by molar-refractivity contribution is 0.624. The summed E-state index contributed by atoms with van der Waals surface area (Å²) in [6.07, 6.45) is 5.65. The van der Waals surface area contributed by atoms with E-state index in [0.29, 0.717) is 13.1 Å². The zero-order valence-electron chi connectivity index (χ0n) is 11.0. The highest BCUT2D eigenvalue weighted by Gasteiger charge is 2.18. The molecule has 2 aromatic heterocycles. The van der Waals surface area contributed by atoms with E-state index in [9.17, 15) is 0 Å². The quantitative estimate of drug-likeness (QED) is 0.911. The molecule has 0 unspecified atom stereocenters. The zero-order chi connectivity index (χ0) is 13.1. The third-order valence-electron chi connectivity index (χ3n) is 3.20. The monoisotopic (exact) mass is 255 g/mol. The Morgan fingerprint density at radius 3 is 3.11 bits per heavy atom. The van der Waals surface area contributed by atoms with E-state index < -0.39 is 0 Å². The lowest BCUT2D eigenvalue weighted by Crippen LogP contribution is -2.11. The van der Waals surface area contributed by atoms with Crippen LogP contribution >= 0.6 is 0 Å². The minimum atomic E-state index is 0.686. The zero-order valence-corrected chi connectivity index (χ0v) is 11.0. The molecular weight excluding hydrogens is 238 g/mol. The number of nitrogens with one attached hydrogen (secondary N) is 1.